The predicted octanol–water partition coefficient (Wildman–Crippen LogP) is 1.84. The largest absolute Gasteiger partial charge is 0.465 e. The minimum atomic E-state index is -0.963. The minimum Gasteiger partial charge on any atom is -0.465 e. The van der Waals surface area contributed by atoms with Gasteiger partial charge in [0.25, 0.3) is 0 Å². The van der Waals surface area contributed by atoms with Crippen molar-refractivity contribution in [2.45, 2.75) is 45.2 Å². The Morgan fingerprint density at radius 1 is 1.30 bits per heavy atom. The second-order valence-electron chi connectivity index (χ2n) is 5.71. The number of nitrogens with two attached hydrogens (primary N) is 1. The lowest BCUT2D eigenvalue weighted by molar-refractivity contribution is -0.122. The van der Waals surface area contributed by atoms with Crippen molar-refractivity contribution in [1.29, 1.82) is 0 Å². The maximum atomic E-state index is 11.7. The third-order valence-electron chi connectivity index (χ3n) is 3.68. The molecule has 6 nitrogen and oxygen atoms in total. The van der Waals surface area contributed by atoms with E-state index in [0.717, 1.165) is 18.4 Å². The number of hydrogen-bond donors (Lipinski definition) is 3. The summed E-state index contributed by atoms with van der Waals surface area (Å²) in [5.41, 5.74) is 6.59. The van der Waals surface area contributed by atoms with E-state index in [9.17, 15) is 14.7 Å². The molecule has 0 saturated carbocycles. The zero-order valence-corrected chi connectivity index (χ0v) is 13.9. The fourth-order valence-electron chi connectivity index (χ4n) is 2.32. The first-order valence-corrected chi connectivity index (χ1v) is 8.02. The highest BCUT2D eigenvalue weighted by atomic mass is 16.4. The van der Waals surface area contributed by atoms with Gasteiger partial charge in [-0.05, 0) is 25.3 Å². The topological polar surface area (TPSA) is 95.7 Å². The quantitative estimate of drug-likeness (QED) is 0.646. The number of carbonyl (C=O) groups is 2. The van der Waals surface area contributed by atoms with Crippen molar-refractivity contribution in [3.8, 4) is 0 Å². The first kappa shape index (κ1) is 19.0. The van der Waals surface area contributed by atoms with Crippen molar-refractivity contribution in [3.05, 3.63) is 35.9 Å². The summed E-state index contributed by atoms with van der Waals surface area (Å²) in [5, 5.41) is 12.3. The minimum absolute atomic E-state index is 0.255. The SMILES string of the molecule is CCCCN(C(=O)O)[C@H](CNC(=O)[C@@H](C)N)Cc1ccccc1. The Morgan fingerprint density at radius 3 is 2.48 bits per heavy atom. The fraction of sp³-hybridized carbons (Fsp3) is 0.529. The van der Waals surface area contributed by atoms with Crippen LogP contribution < -0.4 is 11.1 Å². The maximum absolute atomic E-state index is 11.7. The molecule has 0 heterocycles. The summed E-state index contributed by atoms with van der Waals surface area (Å²) >= 11 is 0. The molecule has 1 aromatic carbocycles. The molecule has 1 aromatic rings. The molecule has 6 heteroatoms. The summed E-state index contributed by atoms with van der Waals surface area (Å²) in [6.07, 6.45) is 1.29. The van der Waals surface area contributed by atoms with E-state index in [1.165, 1.54) is 4.90 Å². The lowest BCUT2D eigenvalue weighted by Gasteiger charge is -2.30. The number of nitrogens with zero attached hydrogens (tertiary/aromatic N) is 1. The number of hydrogen-bond acceptors (Lipinski definition) is 3. The van der Waals surface area contributed by atoms with Crippen molar-refractivity contribution in [3.63, 3.8) is 0 Å². The van der Waals surface area contributed by atoms with Gasteiger partial charge in [0, 0.05) is 13.1 Å². The molecule has 0 fully saturated rings. The van der Waals surface area contributed by atoms with Gasteiger partial charge in [0.1, 0.15) is 0 Å². The third kappa shape index (κ3) is 6.69. The zero-order valence-electron chi connectivity index (χ0n) is 13.9. The molecule has 1 rings (SSSR count). The Kier molecular flexibility index (Phi) is 8.11. The van der Waals surface area contributed by atoms with E-state index in [-0.39, 0.29) is 18.5 Å². The van der Waals surface area contributed by atoms with E-state index < -0.39 is 12.1 Å². The number of carboxylic acid groups (broad SMARTS) is 1. The zero-order chi connectivity index (χ0) is 17.2. The fourth-order valence-corrected chi connectivity index (χ4v) is 2.32. The van der Waals surface area contributed by atoms with Gasteiger partial charge in [-0.15, -0.1) is 0 Å². The van der Waals surface area contributed by atoms with E-state index in [1.54, 1.807) is 6.92 Å². The smallest absolute Gasteiger partial charge is 0.407 e. The van der Waals surface area contributed by atoms with E-state index in [4.69, 9.17) is 5.73 Å². The van der Waals surface area contributed by atoms with Gasteiger partial charge in [-0.25, -0.2) is 4.79 Å². The molecular formula is C17H27N3O3. The van der Waals surface area contributed by atoms with Gasteiger partial charge in [0.15, 0.2) is 0 Å². The van der Waals surface area contributed by atoms with Crippen LogP contribution in [0.5, 0.6) is 0 Å². The summed E-state index contributed by atoms with van der Waals surface area (Å²) in [6.45, 7) is 4.33. The van der Waals surface area contributed by atoms with Gasteiger partial charge in [-0.3, -0.25) is 4.79 Å². The number of carbonyl (C=O) groups excluding carboxylic acids is 1. The number of benzene rings is 1. The van der Waals surface area contributed by atoms with Crippen LogP contribution in [0.1, 0.15) is 32.3 Å². The summed E-state index contributed by atoms with van der Waals surface area (Å²) < 4.78 is 0. The summed E-state index contributed by atoms with van der Waals surface area (Å²) in [5.74, 6) is -0.274. The molecule has 0 bridgehead atoms. The van der Waals surface area contributed by atoms with Crippen LogP contribution in [-0.2, 0) is 11.2 Å². The highest BCUT2D eigenvalue weighted by Gasteiger charge is 2.24. The number of nitrogens with one attached hydrogen (secondary N) is 1. The van der Waals surface area contributed by atoms with Crippen LogP contribution in [0, 0.1) is 0 Å². The van der Waals surface area contributed by atoms with Crippen LogP contribution in [-0.4, -0.2) is 47.2 Å². The molecule has 0 aliphatic heterocycles. The Labute approximate surface area is 137 Å². The van der Waals surface area contributed by atoms with Gasteiger partial charge in [-0.2, -0.15) is 0 Å². The van der Waals surface area contributed by atoms with Crippen LogP contribution >= 0.6 is 0 Å². The van der Waals surface area contributed by atoms with Crippen molar-refractivity contribution in [2.24, 2.45) is 5.73 Å². The third-order valence-corrected chi connectivity index (χ3v) is 3.68. The molecule has 0 aliphatic carbocycles. The van der Waals surface area contributed by atoms with E-state index in [1.807, 2.05) is 37.3 Å². The standard InChI is InChI=1S/C17H27N3O3/c1-3-4-10-20(17(22)23)15(12-19-16(21)13(2)18)11-14-8-6-5-7-9-14/h5-9,13,15H,3-4,10-12,18H2,1-2H3,(H,19,21)(H,22,23)/t13-,15+/m1/s1. The number of rotatable bonds is 9. The van der Waals surface area contributed by atoms with Gasteiger partial charge in [-0.1, -0.05) is 43.7 Å². The van der Waals surface area contributed by atoms with Crippen molar-refractivity contribution >= 4 is 12.0 Å². The Balaban J connectivity index is 2.84. The second-order valence-corrected chi connectivity index (χ2v) is 5.71. The molecule has 0 spiro atoms. The maximum Gasteiger partial charge on any atom is 0.407 e. The highest BCUT2D eigenvalue weighted by molar-refractivity contribution is 5.81. The average Bonchev–Trinajstić information content (AvgIpc) is 2.52. The van der Waals surface area contributed by atoms with Gasteiger partial charge in [0.2, 0.25) is 5.91 Å². The molecule has 0 aliphatic rings. The van der Waals surface area contributed by atoms with E-state index in [2.05, 4.69) is 5.32 Å². The molecule has 4 N–H and O–H groups in total. The van der Waals surface area contributed by atoms with Crippen LogP contribution in [0.2, 0.25) is 0 Å². The molecule has 0 aromatic heterocycles. The summed E-state index contributed by atoms with van der Waals surface area (Å²) in [6, 6.07) is 8.75. The molecule has 23 heavy (non-hydrogen) atoms. The first-order chi connectivity index (χ1) is 11.0. The summed E-state index contributed by atoms with van der Waals surface area (Å²) in [7, 11) is 0. The second kappa shape index (κ2) is 9.84. The first-order valence-electron chi connectivity index (χ1n) is 8.02. The van der Waals surface area contributed by atoms with Crippen LogP contribution in [0.3, 0.4) is 0 Å². The highest BCUT2D eigenvalue weighted by Crippen LogP contribution is 2.11. The molecule has 2 amide bonds. The lowest BCUT2D eigenvalue weighted by Crippen LogP contribution is -2.50. The molecule has 0 saturated heterocycles. The number of unbranched alkanes of at least 4 members (excludes halogenated alkanes) is 1. The van der Waals surface area contributed by atoms with Crippen molar-refractivity contribution in [2.75, 3.05) is 13.1 Å². The monoisotopic (exact) mass is 321 g/mol. The molecule has 128 valence electrons. The molecule has 0 unspecified atom stereocenters. The van der Waals surface area contributed by atoms with Crippen LogP contribution in [0.25, 0.3) is 0 Å². The Morgan fingerprint density at radius 2 is 1.96 bits per heavy atom. The van der Waals surface area contributed by atoms with Gasteiger partial charge >= 0.3 is 6.09 Å². The Hall–Kier alpha value is -2.08. The van der Waals surface area contributed by atoms with Gasteiger partial charge < -0.3 is 21.1 Å². The average molecular weight is 321 g/mol. The summed E-state index contributed by atoms with van der Waals surface area (Å²) in [4.78, 5) is 24.7. The van der Waals surface area contributed by atoms with E-state index >= 15 is 0 Å². The van der Waals surface area contributed by atoms with Crippen LogP contribution in [0.15, 0.2) is 30.3 Å². The molecule has 2 atom stereocenters. The molecular weight excluding hydrogens is 294 g/mol. The molecule has 0 radical (unpaired) electrons. The normalized spacial score (nSPS) is 13.2. The van der Waals surface area contributed by atoms with Crippen molar-refractivity contribution < 1.29 is 14.7 Å². The van der Waals surface area contributed by atoms with E-state index in [0.29, 0.717) is 13.0 Å². The van der Waals surface area contributed by atoms with Gasteiger partial charge in [0.05, 0.1) is 12.1 Å². The van der Waals surface area contributed by atoms with Crippen molar-refractivity contribution in [1.82, 2.24) is 10.2 Å². The lowest BCUT2D eigenvalue weighted by atomic mass is 10.0. The predicted molar refractivity (Wildman–Crippen MR) is 90.2 cm³/mol. The Bertz CT molecular complexity index is 491. The van der Waals surface area contributed by atoms with Crippen LogP contribution in [0.4, 0.5) is 4.79 Å². The number of amides is 2.